The summed E-state index contributed by atoms with van der Waals surface area (Å²) in [4.78, 5) is 14.2. The van der Waals surface area contributed by atoms with Crippen molar-refractivity contribution in [1.29, 1.82) is 0 Å². The van der Waals surface area contributed by atoms with E-state index in [2.05, 4.69) is 29.2 Å². The molecule has 0 amide bonds. The van der Waals surface area contributed by atoms with E-state index in [0.29, 0.717) is 18.9 Å². The molecule has 4 nitrogen and oxygen atoms in total. The third-order valence-corrected chi connectivity index (χ3v) is 4.31. The first kappa shape index (κ1) is 14.4. The second-order valence-electron chi connectivity index (χ2n) is 5.96. The molecule has 0 aliphatic carbocycles. The molecule has 2 saturated heterocycles. The van der Waals surface area contributed by atoms with E-state index >= 15 is 0 Å². The molecule has 2 heterocycles. The molecule has 1 aromatic rings. The SMILES string of the molecule is O=C(CC1CCCO1)OCC1CCN(c2ccccc2)C1. The Balaban J connectivity index is 1.39. The number of hydrogen-bond donors (Lipinski definition) is 0. The Morgan fingerprint density at radius 3 is 2.90 bits per heavy atom. The Morgan fingerprint density at radius 1 is 1.29 bits per heavy atom. The largest absolute Gasteiger partial charge is 0.465 e. The standard InChI is InChI=1S/C17H23NO3/c19-17(11-16-7-4-10-20-16)21-13-14-8-9-18(12-14)15-5-2-1-3-6-15/h1-3,5-6,14,16H,4,7-13H2. The van der Waals surface area contributed by atoms with Gasteiger partial charge in [-0.15, -0.1) is 0 Å². The van der Waals surface area contributed by atoms with E-state index in [0.717, 1.165) is 39.0 Å². The summed E-state index contributed by atoms with van der Waals surface area (Å²) in [5, 5.41) is 0. The minimum atomic E-state index is -0.111. The summed E-state index contributed by atoms with van der Waals surface area (Å²) in [5.74, 6) is 0.332. The first-order valence-corrected chi connectivity index (χ1v) is 7.88. The van der Waals surface area contributed by atoms with Crippen LogP contribution >= 0.6 is 0 Å². The number of nitrogens with zero attached hydrogens (tertiary/aromatic N) is 1. The van der Waals surface area contributed by atoms with Crippen LogP contribution in [0.1, 0.15) is 25.7 Å². The molecule has 0 bridgehead atoms. The third-order valence-electron chi connectivity index (χ3n) is 4.31. The minimum absolute atomic E-state index is 0.0851. The lowest BCUT2D eigenvalue weighted by Crippen LogP contribution is -2.23. The van der Waals surface area contributed by atoms with Gasteiger partial charge in [0.05, 0.1) is 19.1 Å². The van der Waals surface area contributed by atoms with Crippen LogP contribution in [0, 0.1) is 5.92 Å². The topological polar surface area (TPSA) is 38.8 Å². The van der Waals surface area contributed by atoms with E-state index in [1.165, 1.54) is 5.69 Å². The normalized spacial score (nSPS) is 25.2. The van der Waals surface area contributed by atoms with Gasteiger partial charge in [0.1, 0.15) is 0 Å². The maximum Gasteiger partial charge on any atom is 0.308 e. The van der Waals surface area contributed by atoms with Crippen molar-refractivity contribution >= 4 is 11.7 Å². The number of ether oxygens (including phenoxy) is 2. The Hall–Kier alpha value is -1.55. The van der Waals surface area contributed by atoms with Crippen LogP contribution in [0.25, 0.3) is 0 Å². The van der Waals surface area contributed by atoms with E-state index in [9.17, 15) is 4.79 Å². The Labute approximate surface area is 126 Å². The predicted octanol–water partition coefficient (Wildman–Crippen LogP) is 2.63. The lowest BCUT2D eigenvalue weighted by Gasteiger charge is -2.18. The van der Waals surface area contributed by atoms with Crippen LogP contribution in [0.15, 0.2) is 30.3 Å². The van der Waals surface area contributed by atoms with Gasteiger partial charge >= 0.3 is 5.97 Å². The lowest BCUT2D eigenvalue weighted by molar-refractivity contribution is -0.147. The van der Waals surface area contributed by atoms with Crippen LogP contribution < -0.4 is 4.90 Å². The van der Waals surface area contributed by atoms with Crippen LogP contribution in [-0.2, 0) is 14.3 Å². The molecule has 2 unspecified atom stereocenters. The number of carbonyl (C=O) groups excluding carboxylic acids is 1. The molecule has 0 spiro atoms. The van der Waals surface area contributed by atoms with Gasteiger partial charge in [-0.1, -0.05) is 18.2 Å². The third kappa shape index (κ3) is 3.97. The highest BCUT2D eigenvalue weighted by atomic mass is 16.5. The van der Waals surface area contributed by atoms with Gasteiger partial charge in [-0.2, -0.15) is 0 Å². The van der Waals surface area contributed by atoms with E-state index in [1.807, 2.05) is 6.07 Å². The van der Waals surface area contributed by atoms with Gasteiger partial charge in [0, 0.05) is 31.3 Å². The van der Waals surface area contributed by atoms with Crippen LogP contribution in [0.5, 0.6) is 0 Å². The molecule has 1 aromatic carbocycles. The molecule has 0 saturated carbocycles. The molecule has 2 fully saturated rings. The van der Waals surface area contributed by atoms with Crippen LogP contribution in [0.3, 0.4) is 0 Å². The van der Waals surface area contributed by atoms with E-state index < -0.39 is 0 Å². The number of carbonyl (C=O) groups is 1. The molecule has 0 aromatic heterocycles. The average molecular weight is 289 g/mol. The van der Waals surface area contributed by atoms with Gasteiger partial charge in [-0.3, -0.25) is 4.79 Å². The average Bonchev–Trinajstić information content (AvgIpc) is 3.17. The molecular formula is C17H23NO3. The fourth-order valence-corrected chi connectivity index (χ4v) is 3.10. The smallest absolute Gasteiger partial charge is 0.308 e. The van der Waals surface area contributed by atoms with Gasteiger partial charge in [-0.25, -0.2) is 0 Å². The quantitative estimate of drug-likeness (QED) is 0.781. The Bertz CT molecular complexity index is 456. The number of rotatable bonds is 5. The molecule has 4 heteroatoms. The molecular weight excluding hydrogens is 266 g/mol. The minimum Gasteiger partial charge on any atom is -0.465 e. The molecule has 21 heavy (non-hydrogen) atoms. The van der Waals surface area contributed by atoms with Crippen molar-refractivity contribution in [2.45, 2.75) is 31.8 Å². The number of esters is 1. The first-order chi connectivity index (χ1) is 10.3. The van der Waals surface area contributed by atoms with Crippen molar-refractivity contribution in [2.24, 2.45) is 5.92 Å². The van der Waals surface area contributed by atoms with E-state index in [1.54, 1.807) is 0 Å². The zero-order valence-electron chi connectivity index (χ0n) is 12.4. The summed E-state index contributed by atoms with van der Waals surface area (Å²) >= 11 is 0. The molecule has 3 rings (SSSR count). The predicted molar refractivity (Wildman–Crippen MR) is 81.3 cm³/mol. The summed E-state index contributed by atoms with van der Waals surface area (Å²) in [6.07, 6.45) is 3.63. The first-order valence-electron chi connectivity index (χ1n) is 7.88. The summed E-state index contributed by atoms with van der Waals surface area (Å²) in [7, 11) is 0. The monoisotopic (exact) mass is 289 g/mol. The maximum atomic E-state index is 11.8. The zero-order chi connectivity index (χ0) is 14.5. The van der Waals surface area contributed by atoms with Crippen LogP contribution in [0.2, 0.25) is 0 Å². The van der Waals surface area contributed by atoms with Crippen molar-refractivity contribution in [3.05, 3.63) is 30.3 Å². The van der Waals surface area contributed by atoms with Gasteiger partial charge in [0.15, 0.2) is 0 Å². The van der Waals surface area contributed by atoms with Crippen LogP contribution in [0.4, 0.5) is 5.69 Å². The number of benzene rings is 1. The van der Waals surface area contributed by atoms with Gasteiger partial charge in [-0.05, 0) is 31.4 Å². The van der Waals surface area contributed by atoms with Crippen molar-refractivity contribution in [3.8, 4) is 0 Å². The number of para-hydroxylation sites is 1. The van der Waals surface area contributed by atoms with Gasteiger partial charge < -0.3 is 14.4 Å². The van der Waals surface area contributed by atoms with Crippen molar-refractivity contribution in [2.75, 3.05) is 31.2 Å². The second-order valence-corrected chi connectivity index (χ2v) is 5.96. The molecule has 2 aliphatic heterocycles. The van der Waals surface area contributed by atoms with Crippen molar-refractivity contribution in [3.63, 3.8) is 0 Å². The molecule has 0 N–H and O–H groups in total. The van der Waals surface area contributed by atoms with Gasteiger partial charge in [0.2, 0.25) is 0 Å². The fourth-order valence-electron chi connectivity index (χ4n) is 3.10. The number of anilines is 1. The summed E-state index contributed by atoms with van der Waals surface area (Å²) in [6.45, 7) is 3.33. The molecule has 114 valence electrons. The van der Waals surface area contributed by atoms with Crippen molar-refractivity contribution < 1.29 is 14.3 Å². The second kappa shape index (κ2) is 6.94. The highest BCUT2D eigenvalue weighted by Crippen LogP contribution is 2.24. The zero-order valence-corrected chi connectivity index (χ0v) is 12.4. The Kier molecular flexibility index (Phi) is 4.76. The van der Waals surface area contributed by atoms with Gasteiger partial charge in [0.25, 0.3) is 0 Å². The molecule has 0 radical (unpaired) electrons. The Morgan fingerprint density at radius 2 is 2.14 bits per heavy atom. The van der Waals surface area contributed by atoms with Crippen molar-refractivity contribution in [1.82, 2.24) is 0 Å². The van der Waals surface area contributed by atoms with E-state index in [4.69, 9.17) is 9.47 Å². The molecule has 2 atom stereocenters. The highest BCUT2D eigenvalue weighted by Gasteiger charge is 2.25. The van der Waals surface area contributed by atoms with E-state index in [-0.39, 0.29) is 12.1 Å². The molecule has 2 aliphatic rings. The summed E-state index contributed by atoms with van der Waals surface area (Å²) < 4.78 is 10.9. The summed E-state index contributed by atoms with van der Waals surface area (Å²) in [5.41, 5.74) is 1.26. The number of hydrogen-bond acceptors (Lipinski definition) is 4. The summed E-state index contributed by atoms with van der Waals surface area (Å²) in [6, 6.07) is 10.4. The lowest BCUT2D eigenvalue weighted by atomic mass is 10.1. The van der Waals surface area contributed by atoms with Crippen LogP contribution in [-0.4, -0.2) is 38.4 Å². The highest BCUT2D eigenvalue weighted by molar-refractivity contribution is 5.70. The maximum absolute atomic E-state index is 11.8. The fraction of sp³-hybridized carbons (Fsp3) is 0.588.